The molecule has 0 aromatic heterocycles. The maximum Gasteiger partial charge on any atom is 0.340 e. The molecule has 0 saturated heterocycles. The summed E-state index contributed by atoms with van der Waals surface area (Å²) >= 11 is 0. The number of amides is 3. The number of rotatable bonds is 5. The Kier molecular flexibility index (Phi) is 6.94. The van der Waals surface area contributed by atoms with Crippen LogP contribution >= 0.6 is 0 Å². The van der Waals surface area contributed by atoms with Gasteiger partial charge in [0.05, 0.1) is 0 Å². The first-order chi connectivity index (χ1) is 12.0. The van der Waals surface area contributed by atoms with Crippen molar-refractivity contribution in [2.24, 2.45) is 0 Å². The summed E-state index contributed by atoms with van der Waals surface area (Å²) < 4.78 is 4.94. The van der Waals surface area contributed by atoms with Crippen LogP contribution in [0.2, 0.25) is 0 Å². The van der Waals surface area contributed by atoms with Crippen LogP contribution in [0, 0.1) is 0 Å². The van der Waals surface area contributed by atoms with Crippen LogP contribution in [0.4, 0.5) is 4.79 Å². The fraction of sp³-hybridized carbons (Fsp3) is 0.500. The second kappa shape index (κ2) is 9.17. The Morgan fingerprint density at radius 3 is 2.40 bits per heavy atom. The number of aliphatic hydroxyl groups is 1. The van der Waals surface area contributed by atoms with Crippen LogP contribution in [-0.2, 0) is 14.3 Å². The second-order valence-corrected chi connectivity index (χ2v) is 6.19. The van der Waals surface area contributed by atoms with Gasteiger partial charge in [0.15, 0.2) is 12.2 Å². The molecule has 1 aromatic rings. The highest BCUT2D eigenvalue weighted by Crippen LogP contribution is 2.17. The van der Waals surface area contributed by atoms with E-state index in [1.807, 2.05) is 0 Å². The first kappa shape index (κ1) is 18.9. The lowest BCUT2D eigenvalue weighted by Crippen LogP contribution is -2.48. The third kappa shape index (κ3) is 5.86. The minimum atomic E-state index is -1.48. The fourth-order valence-electron chi connectivity index (χ4n) is 2.75. The van der Waals surface area contributed by atoms with Crippen molar-refractivity contribution in [2.45, 2.75) is 57.3 Å². The van der Waals surface area contributed by atoms with Crippen LogP contribution in [0.3, 0.4) is 0 Å². The highest BCUT2D eigenvalue weighted by atomic mass is 16.6. The van der Waals surface area contributed by atoms with Crippen molar-refractivity contribution in [3.05, 3.63) is 35.9 Å². The SMILES string of the molecule is C[C@H](OC(=O)[C@@H](O)c1ccccc1)C(=O)NC(=O)NC1CCCCC1. The van der Waals surface area contributed by atoms with Gasteiger partial charge in [0, 0.05) is 6.04 Å². The number of hydrogen-bond donors (Lipinski definition) is 3. The minimum Gasteiger partial charge on any atom is -0.450 e. The van der Waals surface area contributed by atoms with Crippen molar-refractivity contribution in [2.75, 3.05) is 0 Å². The molecule has 2 atom stereocenters. The van der Waals surface area contributed by atoms with Gasteiger partial charge < -0.3 is 15.2 Å². The van der Waals surface area contributed by atoms with Crippen LogP contribution in [-0.4, -0.2) is 35.2 Å². The van der Waals surface area contributed by atoms with Gasteiger partial charge in [-0.2, -0.15) is 0 Å². The molecule has 0 spiro atoms. The molecule has 2 rings (SSSR count). The number of carbonyl (C=O) groups is 3. The molecule has 7 heteroatoms. The molecule has 0 aliphatic heterocycles. The Morgan fingerprint density at radius 2 is 1.76 bits per heavy atom. The molecule has 0 unspecified atom stereocenters. The van der Waals surface area contributed by atoms with E-state index >= 15 is 0 Å². The molecule has 3 N–H and O–H groups in total. The van der Waals surface area contributed by atoms with Gasteiger partial charge in [-0.05, 0) is 25.3 Å². The van der Waals surface area contributed by atoms with Crippen molar-refractivity contribution in [3.63, 3.8) is 0 Å². The average Bonchev–Trinajstić information content (AvgIpc) is 2.62. The zero-order valence-corrected chi connectivity index (χ0v) is 14.2. The van der Waals surface area contributed by atoms with Crippen molar-refractivity contribution in [1.29, 1.82) is 0 Å². The van der Waals surface area contributed by atoms with E-state index in [1.165, 1.54) is 6.92 Å². The number of ether oxygens (including phenoxy) is 1. The zero-order valence-electron chi connectivity index (χ0n) is 14.2. The van der Waals surface area contributed by atoms with Gasteiger partial charge in [-0.15, -0.1) is 0 Å². The van der Waals surface area contributed by atoms with E-state index in [1.54, 1.807) is 30.3 Å². The van der Waals surface area contributed by atoms with Crippen LogP contribution in [0.25, 0.3) is 0 Å². The molecular weight excluding hydrogens is 324 g/mol. The summed E-state index contributed by atoms with van der Waals surface area (Å²) in [6.45, 7) is 1.35. The summed E-state index contributed by atoms with van der Waals surface area (Å²) in [5.41, 5.74) is 0.371. The van der Waals surface area contributed by atoms with Gasteiger partial charge in [0.2, 0.25) is 0 Å². The van der Waals surface area contributed by atoms with E-state index in [9.17, 15) is 19.5 Å². The number of carbonyl (C=O) groups excluding carboxylic acids is 3. The van der Waals surface area contributed by atoms with Crippen LogP contribution in [0.5, 0.6) is 0 Å². The molecule has 1 fully saturated rings. The smallest absolute Gasteiger partial charge is 0.340 e. The maximum atomic E-state index is 12.0. The Balaban J connectivity index is 1.78. The van der Waals surface area contributed by atoms with E-state index in [0.717, 1.165) is 32.1 Å². The number of aliphatic hydroxyl groups excluding tert-OH is 1. The zero-order chi connectivity index (χ0) is 18.2. The number of nitrogens with one attached hydrogen (secondary N) is 2. The Hall–Kier alpha value is -2.41. The van der Waals surface area contributed by atoms with Gasteiger partial charge in [-0.1, -0.05) is 49.6 Å². The molecular formula is C18H24N2O5. The maximum absolute atomic E-state index is 12.0. The molecule has 1 aromatic carbocycles. The standard InChI is InChI=1S/C18H24N2O5/c1-12(25-17(23)15(21)13-8-4-2-5-9-13)16(22)20-18(24)19-14-10-6-3-7-11-14/h2,4-5,8-9,12,14-15,21H,3,6-7,10-11H2,1H3,(H2,19,20,22,24)/t12-,15-/m0/s1. The quantitative estimate of drug-likeness (QED) is 0.704. The van der Waals surface area contributed by atoms with Crippen molar-refractivity contribution < 1.29 is 24.2 Å². The number of hydrogen-bond acceptors (Lipinski definition) is 5. The van der Waals surface area contributed by atoms with Gasteiger partial charge in [-0.3, -0.25) is 10.1 Å². The third-order valence-electron chi connectivity index (χ3n) is 4.18. The van der Waals surface area contributed by atoms with E-state index < -0.39 is 30.1 Å². The molecule has 1 aliphatic rings. The van der Waals surface area contributed by atoms with Gasteiger partial charge in [-0.25, -0.2) is 9.59 Å². The highest BCUT2D eigenvalue weighted by Gasteiger charge is 2.26. The topological polar surface area (TPSA) is 105 Å². The predicted octanol–water partition coefficient (Wildman–Crippen LogP) is 1.81. The molecule has 3 amide bonds. The molecule has 0 radical (unpaired) electrons. The number of imide groups is 1. The van der Waals surface area contributed by atoms with Gasteiger partial charge >= 0.3 is 12.0 Å². The van der Waals surface area contributed by atoms with E-state index in [4.69, 9.17) is 4.74 Å². The van der Waals surface area contributed by atoms with Crippen molar-refractivity contribution in [3.8, 4) is 0 Å². The van der Waals surface area contributed by atoms with Crippen molar-refractivity contribution >= 4 is 17.9 Å². The lowest BCUT2D eigenvalue weighted by molar-refractivity contribution is -0.163. The largest absolute Gasteiger partial charge is 0.450 e. The molecule has 1 aliphatic carbocycles. The summed E-state index contributed by atoms with van der Waals surface area (Å²) in [5, 5.41) is 14.8. The fourth-order valence-corrected chi connectivity index (χ4v) is 2.75. The minimum absolute atomic E-state index is 0.0688. The Labute approximate surface area is 146 Å². The summed E-state index contributed by atoms with van der Waals surface area (Å²) in [4.78, 5) is 35.7. The third-order valence-corrected chi connectivity index (χ3v) is 4.18. The number of benzene rings is 1. The van der Waals surface area contributed by atoms with Crippen molar-refractivity contribution in [1.82, 2.24) is 10.6 Å². The summed E-state index contributed by atoms with van der Waals surface area (Å²) in [7, 11) is 0. The Morgan fingerprint density at radius 1 is 1.12 bits per heavy atom. The average molecular weight is 348 g/mol. The number of esters is 1. The monoisotopic (exact) mass is 348 g/mol. The van der Waals surface area contributed by atoms with Crippen LogP contribution < -0.4 is 10.6 Å². The summed E-state index contributed by atoms with van der Waals surface area (Å²) in [6.07, 6.45) is 2.41. The normalized spacial score (nSPS) is 17.2. The van der Waals surface area contributed by atoms with E-state index in [-0.39, 0.29) is 6.04 Å². The highest BCUT2D eigenvalue weighted by molar-refractivity contribution is 5.97. The molecule has 0 bridgehead atoms. The number of urea groups is 1. The molecule has 136 valence electrons. The first-order valence-electron chi connectivity index (χ1n) is 8.52. The Bertz CT molecular complexity index is 599. The van der Waals surface area contributed by atoms with Crippen LogP contribution in [0.1, 0.15) is 50.7 Å². The first-order valence-corrected chi connectivity index (χ1v) is 8.52. The molecule has 25 heavy (non-hydrogen) atoms. The predicted molar refractivity (Wildman–Crippen MR) is 90.5 cm³/mol. The second-order valence-electron chi connectivity index (χ2n) is 6.19. The van der Waals surface area contributed by atoms with Gasteiger partial charge in [0.25, 0.3) is 5.91 Å². The lowest BCUT2D eigenvalue weighted by atomic mass is 9.96. The molecule has 1 saturated carbocycles. The van der Waals surface area contributed by atoms with Gasteiger partial charge in [0.1, 0.15) is 0 Å². The lowest BCUT2D eigenvalue weighted by Gasteiger charge is -2.23. The molecule has 7 nitrogen and oxygen atoms in total. The van der Waals surface area contributed by atoms with E-state index in [2.05, 4.69) is 10.6 Å². The summed E-state index contributed by atoms with van der Waals surface area (Å²) in [5.74, 6) is -1.68. The summed E-state index contributed by atoms with van der Waals surface area (Å²) in [6, 6.07) is 7.74. The van der Waals surface area contributed by atoms with Crippen LogP contribution in [0.15, 0.2) is 30.3 Å². The molecule has 0 heterocycles. The van der Waals surface area contributed by atoms with E-state index in [0.29, 0.717) is 5.56 Å².